The molecule has 7 heteroatoms. The summed E-state index contributed by atoms with van der Waals surface area (Å²) in [6.45, 7) is 4.47. The standard InChI is InChI=1S/C29H37N3O3S/c1-21-9-11-23(12-10-21)18-32(16-15-22-13-14-26(34-2)27(17-22)35-3)19-28-31-25(20-36-28)29(33)30-24-7-5-4-6-8-24/h9-14,17,20,24H,4-8,15-16,18-19H2,1-3H3,(H,30,33). The molecule has 36 heavy (non-hydrogen) atoms. The van der Waals surface area contributed by atoms with E-state index in [1.54, 1.807) is 25.6 Å². The van der Waals surface area contributed by atoms with Crippen molar-refractivity contribution in [2.75, 3.05) is 20.8 Å². The Balaban J connectivity index is 1.43. The number of methoxy groups -OCH3 is 2. The van der Waals surface area contributed by atoms with Crippen LogP contribution in [0.25, 0.3) is 0 Å². The smallest absolute Gasteiger partial charge is 0.270 e. The fourth-order valence-electron chi connectivity index (χ4n) is 4.67. The molecule has 6 nitrogen and oxygen atoms in total. The Morgan fingerprint density at radius 1 is 1.00 bits per heavy atom. The number of nitrogens with zero attached hydrogens (tertiary/aromatic N) is 2. The lowest BCUT2D eigenvalue weighted by molar-refractivity contribution is 0.0923. The maximum atomic E-state index is 12.8. The van der Waals surface area contributed by atoms with Crippen LogP contribution in [0.1, 0.15) is 64.3 Å². The molecule has 1 saturated carbocycles. The average Bonchev–Trinajstić information content (AvgIpc) is 3.37. The van der Waals surface area contributed by atoms with Gasteiger partial charge in [-0.25, -0.2) is 4.98 Å². The van der Waals surface area contributed by atoms with Crippen LogP contribution in [0.4, 0.5) is 0 Å². The number of hydrogen-bond acceptors (Lipinski definition) is 6. The SMILES string of the molecule is COc1ccc(CCN(Cc2ccc(C)cc2)Cc2nc(C(=O)NC3CCCCC3)cs2)cc1OC. The molecule has 192 valence electrons. The number of aromatic nitrogens is 1. The first kappa shape index (κ1) is 26.2. The fraction of sp³-hybridized carbons (Fsp3) is 0.448. The summed E-state index contributed by atoms with van der Waals surface area (Å²) in [6, 6.07) is 15.0. The molecule has 1 heterocycles. The summed E-state index contributed by atoms with van der Waals surface area (Å²) in [4.78, 5) is 19.9. The first-order chi connectivity index (χ1) is 17.5. The largest absolute Gasteiger partial charge is 0.493 e. The molecule has 0 bridgehead atoms. The lowest BCUT2D eigenvalue weighted by Crippen LogP contribution is -2.36. The second-order valence-corrected chi connectivity index (χ2v) is 10.5. The quantitative estimate of drug-likeness (QED) is 0.357. The van der Waals surface area contributed by atoms with Gasteiger partial charge in [0.2, 0.25) is 0 Å². The minimum absolute atomic E-state index is 0.0418. The van der Waals surface area contributed by atoms with Crippen LogP contribution in [0.5, 0.6) is 11.5 Å². The van der Waals surface area contributed by atoms with Gasteiger partial charge in [0.25, 0.3) is 5.91 Å². The predicted octanol–water partition coefficient (Wildman–Crippen LogP) is 5.78. The maximum Gasteiger partial charge on any atom is 0.270 e. The molecule has 0 unspecified atom stereocenters. The highest BCUT2D eigenvalue weighted by Gasteiger charge is 2.19. The molecular formula is C29H37N3O3S. The van der Waals surface area contributed by atoms with E-state index >= 15 is 0 Å². The van der Waals surface area contributed by atoms with Gasteiger partial charge in [-0.15, -0.1) is 11.3 Å². The highest BCUT2D eigenvalue weighted by atomic mass is 32.1. The Kier molecular flexibility index (Phi) is 9.36. The topological polar surface area (TPSA) is 63.7 Å². The molecule has 2 aromatic carbocycles. The van der Waals surface area contributed by atoms with Crippen LogP contribution in [0, 0.1) is 6.92 Å². The summed E-state index contributed by atoms with van der Waals surface area (Å²) in [5.41, 5.74) is 4.24. The Morgan fingerprint density at radius 3 is 2.44 bits per heavy atom. The van der Waals surface area contributed by atoms with Gasteiger partial charge in [0.05, 0.1) is 20.8 Å². The number of carbonyl (C=O) groups excluding carboxylic acids is 1. The fourth-order valence-corrected chi connectivity index (χ4v) is 5.49. The van der Waals surface area contributed by atoms with E-state index in [1.165, 1.54) is 36.0 Å². The Hall–Kier alpha value is -2.90. The summed E-state index contributed by atoms with van der Waals surface area (Å²) in [5.74, 6) is 1.44. The minimum atomic E-state index is -0.0418. The Morgan fingerprint density at radius 2 is 1.72 bits per heavy atom. The normalized spacial score (nSPS) is 14.1. The molecule has 1 aliphatic rings. The minimum Gasteiger partial charge on any atom is -0.493 e. The van der Waals surface area contributed by atoms with Crippen molar-refractivity contribution in [3.63, 3.8) is 0 Å². The van der Waals surface area contributed by atoms with Gasteiger partial charge in [0.15, 0.2) is 11.5 Å². The summed E-state index contributed by atoms with van der Waals surface area (Å²) >= 11 is 1.56. The third-order valence-corrected chi connectivity index (χ3v) is 7.61. The van der Waals surface area contributed by atoms with Crippen molar-refractivity contribution in [3.8, 4) is 11.5 Å². The molecule has 4 rings (SSSR count). The third-order valence-electron chi connectivity index (χ3n) is 6.78. The number of nitrogens with one attached hydrogen (secondary N) is 1. The average molecular weight is 508 g/mol. The van der Waals surface area contributed by atoms with Crippen LogP contribution < -0.4 is 14.8 Å². The third kappa shape index (κ3) is 7.31. The first-order valence-corrected chi connectivity index (χ1v) is 13.7. The zero-order chi connectivity index (χ0) is 25.3. The van der Waals surface area contributed by atoms with Gasteiger partial charge < -0.3 is 14.8 Å². The van der Waals surface area contributed by atoms with E-state index in [2.05, 4.69) is 47.5 Å². The van der Waals surface area contributed by atoms with Gasteiger partial charge in [-0.3, -0.25) is 9.69 Å². The van der Waals surface area contributed by atoms with Crippen LogP contribution in [-0.2, 0) is 19.5 Å². The highest BCUT2D eigenvalue weighted by molar-refractivity contribution is 7.09. The number of amides is 1. The van der Waals surface area contributed by atoms with Gasteiger partial charge in [0.1, 0.15) is 10.7 Å². The number of rotatable bonds is 11. The number of thiazole rings is 1. The molecule has 1 N–H and O–H groups in total. The first-order valence-electron chi connectivity index (χ1n) is 12.8. The van der Waals surface area contributed by atoms with Crippen molar-refractivity contribution >= 4 is 17.2 Å². The van der Waals surface area contributed by atoms with Crippen molar-refractivity contribution < 1.29 is 14.3 Å². The molecule has 1 aromatic heterocycles. The summed E-state index contributed by atoms with van der Waals surface area (Å²) in [7, 11) is 3.31. The second-order valence-electron chi connectivity index (χ2n) is 9.57. The molecule has 1 fully saturated rings. The van der Waals surface area contributed by atoms with E-state index in [9.17, 15) is 4.79 Å². The molecule has 0 radical (unpaired) electrons. The second kappa shape index (κ2) is 12.9. The predicted molar refractivity (Wildman–Crippen MR) is 145 cm³/mol. The molecule has 0 atom stereocenters. The molecule has 0 saturated heterocycles. The number of aryl methyl sites for hydroxylation is 1. The molecule has 3 aromatic rings. The van der Waals surface area contributed by atoms with Crippen LogP contribution in [-0.4, -0.2) is 42.6 Å². The number of carbonyl (C=O) groups is 1. The number of hydrogen-bond donors (Lipinski definition) is 1. The van der Waals surface area contributed by atoms with E-state index in [-0.39, 0.29) is 11.9 Å². The number of ether oxygens (including phenoxy) is 2. The van der Waals surface area contributed by atoms with Crippen molar-refractivity contribution in [2.45, 2.75) is 64.6 Å². The van der Waals surface area contributed by atoms with E-state index in [1.807, 2.05) is 17.5 Å². The van der Waals surface area contributed by atoms with Crippen LogP contribution in [0.2, 0.25) is 0 Å². The number of benzene rings is 2. The molecule has 1 amide bonds. The zero-order valence-corrected chi connectivity index (χ0v) is 22.4. The lowest BCUT2D eigenvalue weighted by Gasteiger charge is -2.22. The zero-order valence-electron chi connectivity index (χ0n) is 21.6. The van der Waals surface area contributed by atoms with E-state index < -0.39 is 0 Å². The lowest BCUT2D eigenvalue weighted by atomic mass is 9.95. The van der Waals surface area contributed by atoms with Crippen molar-refractivity contribution in [3.05, 3.63) is 75.2 Å². The molecule has 1 aliphatic carbocycles. The van der Waals surface area contributed by atoms with Gasteiger partial charge in [-0.05, 0) is 49.4 Å². The van der Waals surface area contributed by atoms with Crippen LogP contribution >= 0.6 is 11.3 Å². The summed E-state index contributed by atoms with van der Waals surface area (Å²) in [5, 5.41) is 6.04. The van der Waals surface area contributed by atoms with E-state index in [0.717, 1.165) is 48.9 Å². The van der Waals surface area contributed by atoms with Crippen LogP contribution in [0.15, 0.2) is 47.8 Å². The van der Waals surface area contributed by atoms with Gasteiger partial charge in [-0.1, -0.05) is 55.2 Å². The molecule has 0 aliphatic heterocycles. The summed E-state index contributed by atoms with van der Waals surface area (Å²) in [6.07, 6.45) is 6.68. The molecular weight excluding hydrogens is 470 g/mol. The Bertz CT molecular complexity index is 1120. The van der Waals surface area contributed by atoms with E-state index in [0.29, 0.717) is 12.2 Å². The van der Waals surface area contributed by atoms with Crippen LogP contribution in [0.3, 0.4) is 0 Å². The van der Waals surface area contributed by atoms with Crippen molar-refractivity contribution in [1.29, 1.82) is 0 Å². The van der Waals surface area contributed by atoms with Gasteiger partial charge in [-0.2, -0.15) is 0 Å². The monoisotopic (exact) mass is 507 g/mol. The van der Waals surface area contributed by atoms with Crippen molar-refractivity contribution in [2.24, 2.45) is 0 Å². The summed E-state index contributed by atoms with van der Waals surface area (Å²) < 4.78 is 10.9. The highest BCUT2D eigenvalue weighted by Crippen LogP contribution is 2.28. The Labute approximate surface area is 218 Å². The van der Waals surface area contributed by atoms with Gasteiger partial charge >= 0.3 is 0 Å². The van der Waals surface area contributed by atoms with Gasteiger partial charge in [0, 0.05) is 24.5 Å². The molecule has 0 spiro atoms. The maximum absolute atomic E-state index is 12.8. The van der Waals surface area contributed by atoms with E-state index in [4.69, 9.17) is 14.5 Å². The van der Waals surface area contributed by atoms with Crippen molar-refractivity contribution in [1.82, 2.24) is 15.2 Å².